The van der Waals surface area contributed by atoms with Crippen molar-refractivity contribution in [1.29, 1.82) is 0 Å². The van der Waals surface area contributed by atoms with Gasteiger partial charge < -0.3 is 23.6 Å². The Morgan fingerprint density at radius 2 is 1.83 bits per heavy atom. The summed E-state index contributed by atoms with van der Waals surface area (Å²) in [5, 5.41) is 4.00. The maximum atomic E-state index is 12.8. The first kappa shape index (κ1) is 20.2. The molecule has 152 valence electrons. The largest absolute Gasteiger partial charge is 0.493 e. The fourth-order valence-electron chi connectivity index (χ4n) is 2.82. The molecule has 0 fully saturated rings. The van der Waals surface area contributed by atoms with Gasteiger partial charge in [0.25, 0.3) is 5.91 Å². The fourth-order valence-corrected chi connectivity index (χ4v) is 2.82. The van der Waals surface area contributed by atoms with Crippen LogP contribution in [0, 0.1) is 0 Å². The van der Waals surface area contributed by atoms with Crippen molar-refractivity contribution >= 4 is 5.91 Å². The third kappa shape index (κ3) is 4.48. The molecule has 8 nitrogen and oxygen atoms in total. The number of aromatic nitrogens is 2. The predicted octanol–water partition coefficient (Wildman–Crippen LogP) is 3.42. The maximum Gasteiger partial charge on any atom is 0.257 e. The van der Waals surface area contributed by atoms with E-state index in [0.29, 0.717) is 46.7 Å². The molecule has 0 radical (unpaired) electrons. The highest BCUT2D eigenvalue weighted by Crippen LogP contribution is 2.31. The first-order valence-corrected chi connectivity index (χ1v) is 9.09. The van der Waals surface area contributed by atoms with Crippen LogP contribution in [0.5, 0.6) is 17.2 Å². The third-order valence-electron chi connectivity index (χ3n) is 4.25. The van der Waals surface area contributed by atoms with Gasteiger partial charge in [0.15, 0.2) is 11.5 Å². The molecule has 2 aromatic carbocycles. The zero-order chi connectivity index (χ0) is 20.8. The summed E-state index contributed by atoms with van der Waals surface area (Å²) in [6.07, 6.45) is 0. The summed E-state index contributed by atoms with van der Waals surface area (Å²) < 4.78 is 21.4. The highest BCUT2D eigenvalue weighted by Gasteiger charge is 2.19. The Hall–Kier alpha value is -3.55. The van der Waals surface area contributed by atoms with Gasteiger partial charge in [-0.3, -0.25) is 4.79 Å². The van der Waals surface area contributed by atoms with Gasteiger partial charge in [0.2, 0.25) is 11.7 Å². The SMILES string of the molecule is CCOc1ccccc1C(=O)N(C)Cc1nc(-c2ccc(OC)c(OC)c2)no1. The molecule has 0 saturated heterocycles. The number of rotatable bonds is 8. The lowest BCUT2D eigenvalue weighted by Crippen LogP contribution is -2.26. The van der Waals surface area contributed by atoms with E-state index in [9.17, 15) is 4.79 Å². The zero-order valence-corrected chi connectivity index (χ0v) is 16.8. The van der Waals surface area contributed by atoms with E-state index in [0.717, 1.165) is 0 Å². The molecule has 0 spiro atoms. The van der Waals surface area contributed by atoms with Gasteiger partial charge in [-0.05, 0) is 37.3 Å². The van der Waals surface area contributed by atoms with E-state index < -0.39 is 0 Å². The molecule has 0 bridgehead atoms. The molecule has 1 amide bonds. The molecule has 29 heavy (non-hydrogen) atoms. The molecule has 0 aliphatic rings. The average molecular weight is 397 g/mol. The van der Waals surface area contributed by atoms with Gasteiger partial charge in [-0.25, -0.2) is 0 Å². The van der Waals surface area contributed by atoms with Crippen LogP contribution in [0.1, 0.15) is 23.2 Å². The van der Waals surface area contributed by atoms with Crippen molar-refractivity contribution in [3.8, 4) is 28.6 Å². The van der Waals surface area contributed by atoms with Crippen LogP contribution in [0.3, 0.4) is 0 Å². The number of methoxy groups -OCH3 is 2. The van der Waals surface area contributed by atoms with Crippen LogP contribution >= 0.6 is 0 Å². The Morgan fingerprint density at radius 3 is 2.55 bits per heavy atom. The van der Waals surface area contributed by atoms with Gasteiger partial charge in [-0.1, -0.05) is 17.3 Å². The number of benzene rings is 2. The van der Waals surface area contributed by atoms with Gasteiger partial charge in [-0.15, -0.1) is 0 Å². The number of hydrogen-bond acceptors (Lipinski definition) is 7. The van der Waals surface area contributed by atoms with Crippen molar-refractivity contribution < 1.29 is 23.5 Å². The zero-order valence-electron chi connectivity index (χ0n) is 16.8. The van der Waals surface area contributed by atoms with Crippen LogP contribution in [-0.4, -0.2) is 48.8 Å². The first-order chi connectivity index (χ1) is 14.1. The van der Waals surface area contributed by atoms with Gasteiger partial charge in [-0.2, -0.15) is 4.98 Å². The normalized spacial score (nSPS) is 10.5. The molecule has 1 heterocycles. The van der Waals surface area contributed by atoms with Crippen LogP contribution in [0.2, 0.25) is 0 Å². The van der Waals surface area contributed by atoms with E-state index in [2.05, 4.69) is 10.1 Å². The van der Waals surface area contributed by atoms with E-state index >= 15 is 0 Å². The maximum absolute atomic E-state index is 12.8. The van der Waals surface area contributed by atoms with E-state index in [1.807, 2.05) is 19.1 Å². The van der Waals surface area contributed by atoms with Gasteiger partial charge in [0.1, 0.15) is 12.3 Å². The smallest absolute Gasteiger partial charge is 0.257 e. The number of carbonyl (C=O) groups excluding carboxylic acids is 1. The summed E-state index contributed by atoms with van der Waals surface area (Å²) >= 11 is 0. The summed E-state index contributed by atoms with van der Waals surface area (Å²) in [4.78, 5) is 18.7. The Morgan fingerprint density at radius 1 is 1.07 bits per heavy atom. The molecular formula is C21H23N3O5. The Bertz CT molecular complexity index is 986. The molecule has 3 rings (SSSR count). The molecule has 0 unspecified atom stereocenters. The lowest BCUT2D eigenvalue weighted by Gasteiger charge is -2.17. The average Bonchev–Trinajstić information content (AvgIpc) is 3.21. The molecule has 0 aliphatic carbocycles. The second-order valence-corrected chi connectivity index (χ2v) is 6.17. The van der Waals surface area contributed by atoms with Crippen molar-refractivity contribution in [1.82, 2.24) is 15.0 Å². The Labute approximate surface area is 169 Å². The van der Waals surface area contributed by atoms with Crippen LogP contribution in [0.25, 0.3) is 11.4 Å². The number of carbonyl (C=O) groups is 1. The summed E-state index contributed by atoms with van der Waals surface area (Å²) in [5.74, 6) is 2.24. The monoisotopic (exact) mass is 397 g/mol. The first-order valence-electron chi connectivity index (χ1n) is 9.09. The lowest BCUT2D eigenvalue weighted by atomic mass is 10.1. The molecular weight excluding hydrogens is 374 g/mol. The second-order valence-electron chi connectivity index (χ2n) is 6.17. The van der Waals surface area contributed by atoms with E-state index in [-0.39, 0.29) is 12.5 Å². The van der Waals surface area contributed by atoms with Crippen molar-refractivity contribution in [3.05, 3.63) is 53.9 Å². The third-order valence-corrected chi connectivity index (χ3v) is 4.25. The number of nitrogens with zero attached hydrogens (tertiary/aromatic N) is 3. The molecule has 8 heteroatoms. The fraction of sp³-hybridized carbons (Fsp3) is 0.286. The quantitative estimate of drug-likeness (QED) is 0.575. The Balaban J connectivity index is 1.75. The summed E-state index contributed by atoms with van der Waals surface area (Å²) in [6, 6.07) is 12.5. The lowest BCUT2D eigenvalue weighted by molar-refractivity contribution is 0.0765. The van der Waals surface area contributed by atoms with Crippen molar-refractivity contribution in [2.24, 2.45) is 0 Å². The minimum Gasteiger partial charge on any atom is -0.493 e. The van der Waals surface area contributed by atoms with E-state index in [1.165, 1.54) is 4.90 Å². The number of amides is 1. The topological polar surface area (TPSA) is 86.9 Å². The number of ether oxygens (including phenoxy) is 3. The van der Waals surface area contributed by atoms with Crippen molar-refractivity contribution in [3.63, 3.8) is 0 Å². The number of para-hydroxylation sites is 1. The van der Waals surface area contributed by atoms with Crippen molar-refractivity contribution in [2.45, 2.75) is 13.5 Å². The second kappa shape index (κ2) is 9.09. The minimum atomic E-state index is -0.195. The molecule has 3 aromatic rings. The van der Waals surface area contributed by atoms with Gasteiger partial charge in [0, 0.05) is 12.6 Å². The van der Waals surface area contributed by atoms with Crippen LogP contribution in [0.15, 0.2) is 47.0 Å². The molecule has 0 N–H and O–H groups in total. The van der Waals surface area contributed by atoms with E-state index in [4.69, 9.17) is 18.7 Å². The van der Waals surface area contributed by atoms with Gasteiger partial charge in [0.05, 0.1) is 26.4 Å². The molecule has 0 aliphatic heterocycles. The van der Waals surface area contributed by atoms with Crippen LogP contribution in [0.4, 0.5) is 0 Å². The standard InChI is InChI=1S/C21H23N3O5/c1-5-28-16-9-7-6-8-15(16)21(25)24(2)13-19-22-20(23-29-19)14-10-11-17(26-3)18(12-14)27-4/h6-12H,5,13H2,1-4H3. The summed E-state index contributed by atoms with van der Waals surface area (Å²) in [5.41, 5.74) is 1.20. The van der Waals surface area contributed by atoms with Crippen molar-refractivity contribution in [2.75, 3.05) is 27.9 Å². The number of hydrogen-bond donors (Lipinski definition) is 0. The molecule has 1 aromatic heterocycles. The van der Waals surface area contributed by atoms with Crippen LogP contribution in [-0.2, 0) is 6.54 Å². The molecule has 0 saturated carbocycles. The van der Waals surface area contributed by atoms with Gasteiger partial charge >= 0.3 is 0 Å². The summed E-state index contributed by atoms with van der Waals surface area (Å²) in [7, 11) is 4.80. The highest BCUT2D eigenvalue weighted by molar-refractivity contribution is 5.96. The summed E-state index contributed by atoms with van der Waals surface area (Å²) in [6.45, 7) is 2.52. The molecule has 0 atom stereocenters. The van der Waals surface area contributed by atoms with E-state index in [1.54, 1.807) is 51.6 Å². The Kier molecular flexibility index (Phi) is 6.33. The van der Waals surface area contributed by atoms with Crippen LogP contribution < -0.4 is 14.2 Å². The highest BCUT2D eigenvalue weighted by atomic mass is 16.5. The predicted molar refractivity (Wildman–Crippen MR) is 106 cm³/mol. The minimum absolute atomic E-state index is 0.166.